The molecule has 2 aromatic rings. The fourth-order valence-corrected chi connectivity index (χ4v) is 1.96. The average molecular weight is 253 g/mol. The van der Waals surface area contributed by atoms with E-state index in [9.17, 15) is 0 Å². The second-order valence-corrected chi connectivity index (χ2v) is 4.09. The van der Waals surface area contributed by atoms with Crippen LogP contribution in [0.2, 0.25) is 0 Å². The molecule has 0 aliphatic carbocycles. The zero-order valence-corrected chi connectivity index (χ0v) is 11.0. The van der Waals surface area contributed by atoms with Crippen molar-refractivity contribution in [2.24, 2.45) is 0 Å². The summed E-state index contributed by atoms with van der Waals surface area (Å²) < 4.78 is 10.4. The molecule has 3 heteroatoms. The Labute approximate surface area is 113 Å². The van der Waals surface area contributed by atoms with Gasteiger partial charge in [-0.2, -0.15) is 5.26 Å². The smallest absolute Gasteiger partial charge is 0.123 e. The number of nitrogens with zero attached hydrogens (tertiary/aromatic N) is 1. The van der Waals surface area contributed by atoms with Crippen LogP contribution in [0.3, 0.4) is 0 Å². The van der Waals surface area contributed by atoms with Crippen molar-refractivity contribution in [3.8, 4) is 28.7 Å². The van der Waals surface area contributed by atoms with Crippen LogP contribution in [-0.4, -0.2) is 14.2 Å². The molecule has 0 heterocycles. The van der Waals surface area contributed by atoms with Crippen LogP contribution in [-0.2, 0) is 6.42 Å². The van der Waals surface area contributed by atoms with Gasteiger partial charge in [0.25, 0.3) is 0 Å². The van der Waals surface area contributed by atoms with Crippen LogP contribution in [0, 0.1) is 11.3 Å². The Hall–Kier alpha value is -2.47. The van der Waals surface area contributed by atoms with Crippen LogP contribution < -0.4 is 9.47 Å². The zero-order chi connectivity index (χ0) is 13.7. The van der Waals surface area contributed by atoms with Gasteiger partial charge in [-0.3, -0.25) is 0 Å². The summed E-state index contributed by atoms with van der Waals surface area (Å²) in [6.07, 6.45) is 0.340. The van der Waals surface area contributed by atoms with E-state index in [4.69, 9.17) is 14.7 Å². The second kappa shape index (κ2) is 5.92. The van der Waals surface area contributed by atoms with Gasteiger partial charge in [-0.15, -0.1) is 0 Å². The second-order valence-electron chi connectivity index (χ2n) is 4.09. The van der Waals surface area contributed by atoms with Gasteiger partial charge in [-0.05, 0) is 35.4 Å². The first-order valence-corrected chi connectivity index (χ1v) is 5.96. The molecular weight excluding hydrogens is 238 g/mol. The maximum absolute atomic E-state index is 8.85. The van der Waals surface area contributed by atoms with Gasteiger partial charge in [0.1, 0.15) is 11.5 Å². The minimum Gasteiger partial charge on any atom is -0.497 e. The zero-order valence-electron chi connectivity index (χ0n) is 11.0. The lowest BCUT2D eigenvalue weighted by Gasteiger charge is -2.09. The molecule has 2 aromatic carbocycles. The van der Waals surface area contributed by atoms with Crippen molar-refractivity contribution in [1.29, 1.82) is 5.26 Å². The van der Waals surface area contributed by atoms with E-state index in [-0.39, 0.29) is 0 Å². The van der Waals surface area contributed by atoms with Crippen molar-refractivity contribution in [2.75, 3.05) is 14.2 Å². The molecule has 0 radical (unpaired) electrons. The number of nitriles is 1. The highest BCUT2D eigenvalue weighted by molar-refractivity contribution is 5.66. The van der Waals surface area contributed by atoms with E-state index in [1.165, 1.54) is 0 Å². The molecule has 0 amide bonds. The van der Waals surface area contributed by atoms with E-state index in [2.05, 4.69) is 6.07 Å². The maximum Gasteiger partial charge on any atom is 0.123 e. The molecule has 0 saturated heterocycles. The Morgan fingerprint density at radius 2 is 1.63 bits per heavy atom. The molecule has 0 saturated carbocycles. The molecule has 0 spiro atoms. The Morgan fingerprint density at radius 3 is 2.21 bits per heavy atom. The fraction of sp³-hybridized carbons (Fsp3) is 0.188. The Balaban J connectivity index is 2.39. The topological polar surface area (TPSA) is 42.2 Å². The molecule has 96 valence electrons. The standard InChI is InChI=1S/C16H15NO2/c1-18-15-6-3-12(4-7-15)13-5-8-16(19-2)14(11-13)9-10-17/h3-8,11H,9H2,1-2H3. The SMILES string of the molecule is COc1ccc(-c2ccc(OC)c(CC#N)c2)cc1. The van der Waals surface area contributed by atoms with Crippen molar-refractivity contribution in [3.05, 3.63) is 48.0 Å². The van der Waals surface area contributed by atoms with Gasteiger partial charge in [-0.25, -0.2) is 0 Å². The van der Waals surface area contributed by atoms with E-state index in [1.54, 1.807) is 14.2 Å². The third-order valence-electron chi connectivity index (χ3n) is 2.97. The summed E-state index contributed by atoms with van der Waals surface area (Å²) in [5, 5.41) is 8.85. The normalized spacial score (nSPS) is 9.74. The predicted molar refractivity (Wildman–Crippen MR) is 74.3 cm³/mol. The highest BCUT2D eigenvalue weighted by Crippen LogP contribution is 2.28. The fourth-order valence-electron chi connectivity index (χ4n) is 1.96. The van der Waals surface area contributed by atoms with Gasteiger partial charge in [0.05, 0.1) is 26.7 Å². The predicted octanol–water partition coefficient (Wildman–Crippen LogP) is 3.44. The first-order valence-electron chi connectivity index (χ1n) is 5.96. The van der Waals surface area contributed by atoms with Crippen molar-refractivity contribution < 1.29 is 9.47 Å². The van der Waals surface area contributed by atoms with Gasteiger partial charge in [0.2, 0.25) is 0 Å². The number of benzene rings is 2. The van der Waals surface area contributed by atoms with Crippen molar-refractivity contribution in [2.45, 2.75) is 6.42 Å². The van der Waals surface area contributed by atoms with Gasteiger partial charge >= 0.3 is 0 Å². The van der Waals surface area contributed by atoms with E-state index in [0.717, 1.165) is 28.2 Å². The number of methoxy groups -OCH3 is 2. The average Bonchev–Trinajstić information content (AvgIpc) is 2.47. The summed E-state index contributed by atoms with van der Waals surface area (Å²) in [7, 11) is 3.26. The number of hydrogen-bond donors (Lipinski definition) is 0. The molecule has 0 aliphatic rings. The molecule has 0 atom stereocenters. The molecule has 0 N–H and O–H groups in total. The molecule has 0 unspecified atom stereocenters. The van der Waals surface area contributed by atoms with Crippen molar-refractivity contribution in [1.82, 2.24) is 0 Å². The number of rotatable bonds is 4. The van der Waals surface area contributed by atoms with Crippen molar-refractivity contribution in [3.63, 3.8) is 0 Å². The summed E-state index contributed by atoms with van der Waals surface area (Å²) in [6, 6.07) is 15.9. The summed E-state index contributed by atoms with van der Waals surface area (Å²) in [5.74, 6) is 1.58. The Kier molecular flexibility index (Phi) is 4.04. The largest absolute Gasteiger partial charge is 0.497 e. The third-order valence-corrected chi connectivity index (χ3v) is 2.97. The van der Waals surface area contributed by atoms with Crippen LogP contribution in [0.5, 0.6) is 11.5 Å². The molecule has 0 aromatic heterocycles. The summed E-state index contributed by atoms with van der Waals surface area (Å²) in [6.45, 7) is 0. The molecule has 0 fully saturated rings. The van der Waals surface area contributed by atoms with Crippen LogP contribution >= 0.6 is 0 Å². The maximum atomic E-state index is 8.85. The first kappa shape index (κ1) is 13.0. The van der Waals surface area contributed by atoms with E-state index in [0.29, 0.717) is 6.42 Å². The van der Waals surface area contributed by atoms with Crippen molar-refractivity contribution >= 4 is 0 Å². The number of hydrogen-bond acceptors (Lipinski definition) is 3. The van der Waals surface area contributed by atoms with Gasteiger partial charge < -0.3 is 9.47 Å². The lowest BCUT2D eigenvalue weighted by molar-refractivity contribution is 0.411. The van der Waals surface area contributed by atoms with E-state index >= 15 is 0 Å². The Bertz CT molecular complexity index is 597. The lowest BCUT2D eigenvalue weighted by atomic mass is 10.0. The van der Waals surface area contributed by atoms with Crippen LogP contribution in [0.15, 0.2) is 42.5 Å². The monoisotopic (exact) mass is 253 g/mol. The van der Waals surface area contributed by atoms with Crippen LogP contribution in [0.25, 0.3) is 11.1 Å². The highest BCUT2D eigenvalue weighted by atomic mass is 16.5. The number of ether oxygens (including phenoxy) is 2. The van der Waals surface area contributed by atoms with E-state index < -0.39 is 0 Å². The van der Waals surface area contributed by atoms with Crippen LogP contribution in [0.4, 0.5) is 0 Å². The quantitative estimate of drug-likeness (QED) is 0.838. The minimum absolute atomic E-state index is 0.340. The van der Waals surface area contributed by atoms with Gasteiger partial charge in [-0.1, -0.05) is 18.2 Å². The van der Waals surface area contributed by atoms with Crippen LogP contribution in [0.1, 0.15) is 5.56 Å². The highest BCUT2D eigenvalue weighted by Gasteiger charge is 2.06. The molecule has 19 heavy (non-hydrogen) atoms. The molecule has 2 rings (SSSR count). The summed E-state index contributed by atoms with van der Waals surface area (Å²) >= 11 is 0. The lowest BCUT2D eigenvalue weighted by Crippen LogP contribution is -1.92. The first-order chi connectivity index (χ1) is 9.28. The van der Waals surface area contributed by atoms with Gasteiger partial charge in [0.15, 0.2) is 0 Å². The Morgan fingerprint density at radius 1 is 0.947 bits per heavy atom. The third kappa shape index (κ3) is 2.86. The van der Waals surface area contributed by atoms with E-state index in [1.807, 2.05) is 42.5 Å². The molecule has 0 bridgehead atoms. The molecule has 3 nitrogen and oxygen atoms in total. The van der Waals surface area contributed by atoms with Gasteiger partial charge in [0, 0.05) is 5.56 Å². The summed E-state index contributed by atoms with van der Waals surface area (Å²) in [4.78, 5) is 0. The molecule has 0 aliphatic heterocycles. The molecular formula is C16H15NO2. The summed E-state index contributed by atoms with van der Waals surface area (Å²) in [5.41, 5.74) is 3.05. The minimum atomic E-state index is 0.340.